The van der Waals surface area contributed by atoms with Crippen LogP contribution in [-0.4, -0.2) is 11.7 Å². The molecule has 3 rings (SSSR count). The normalized spacial score (nSPS) is 18.2. The molecule has 0 saturated carbocycles. The van der Waals surface area contributed by atoms with E-state index in [2.05, 4.69) is 19.9 Å². The molecule has 3 heteroatoms. The highest BCUT2D eigenvalue weighted by Gasteiger charge is 2.32. The van der Waals surface area contributed by atoms with E-state index in [4.69, 9.17) is 4.74 Å². The first-order valence-corrected chi connectivity index (χ1v) is 6.94. The highest BCUT2D eigenvalue weighted by atomic mass is 32.1. The van der Waals surface area contributed by atoms with Gasteiger partial charge < -0.3 is 9.84 Å². The summed E-state index contributed by atoms with van der Waals surface area (Å²) in [6.07, 6.45) is -0.535. The number of hydrogen-bond donors (Lipinski definition) is 1. The monoisotopic (exact) mass is 260 g/mol. The molecule has 1 atom stereocenters. The van der Waals surface area contributed by atoms with Gasteiger partial charge in [0, 0.05) is 15.9 Å². The van der Waals surface area contributed by atoms with E-state index < -0.39 is 6.10 Å². The smallest absolute Gasteiger partial charge is 0.123 e. The summed E-state index contributed by atoms with van der Waals surface area (Å²) in [5.74, 6) is 0.946. The lowest BCUT2D eigenvalue weighted by atomic mass is 9.85. The maximum absolute atomic E-state index is 10.4. The van der Waals surface area contributed by atoms with Gasteiger partial charge in [-0.25, -0.2) is 0 Å². The van der Waals surface area contributed by atoms with Crippen LogP contribution in [0.4, 0.5) is 0 Å². The average molecular weight is 260 g/mol. The van der Waals surface area contributed by atoms with Gasteiger partial charge in [-0.05, 0) is 29.1 Å². The van der Waals surface area contributed by atoms with Crippen LogP contribution in [0.3, 0.4) is 0 Å². The predicted molar refractivity (Wildman–Crippen MR) is 73.3 cm³/mol. The third-order valence-electron chi connectivity index (χ3n) is 3.45. The first-order valence-electron chi connectivity index (χ1n) is 6.07. The number of rotatable bonds is 2. The van der Waals surface area contributed by atoms with E-state index in [1.807, 2.05) is 29.6 Å². The average Bonchev–Trinajstić information content (AvgIpc) is 2.97. The Hall–Kier alpha value is -1.32. The van der Waals surface area contributed by atoms with E-state index >= 15 is 0 Å². The zero-order chi connectivity index (χ0) is 12.8. The molecule has 0 saturated heterocycles. The molecule has 0 aliphatic carbocycles. The van der Waals surface area contributed by atoms with Crippen LogP contribution < -0.4 is 4.74 Å². The van der Waals surface area contributed by atoms with Crippen molar-refractivity contribution in [2.75, 3.05) is 6.61 Å². The molecule has 1 aromatic carbocycles. The number of benzene rings is 1. The maximum atomic E-state index is 10.4. The largest absolute Gasteiger partial charge is 0.492 e. The molecule has 94 valence electrons. The SMILES string of the molecule is CC1(C)COc2ccc(C(O)c3cccs3)cc21. The minimum Gasteiger partial charge on any atom is -0.492 e. The molecule has 0 amide bonds. The Balaban J connectivity index is 2.00. The number of thiophene rings is 1. The Labute approximate surface area is 111 Å². The molecule has 2 aromatic rings. The van der Waals surface area contributed by atoms with Crippen molar-refractivity contribution in [3.05, 3.63) is 51.7 Å². The van der Waals surface area contributed by atoms with Crippen molar-refractivity contribution in [3.63, 3.8) is 0 Å². The fourth-order valence-corrected chi connectivity index (χ4v) is 3.06. The highest BCUT2D eigenvalue weighted by Crippen LogP contribution is 2.40. The van der Waals surface area contributed by atoms with Crippen LogP contribution in [0.2, 0.25) is 0 Å². The lowest BCUT2D eigenvalue weighted by Gasteiger charge is -2.17. The van der Waals surface area contributed by atoms with E-state index in [1.54, 1.807) is 11.3 Å². The number of fused-ring (bicyclic) bond motifs is 1. The standard InChI is InChI=1S/C15H16O2S/c1-15(2)9-17-12-6-5-10(8-11(12)15)14(16)13-4-3-7-18-13/h3-8,14,16H,9H2,1-2H3. The topological polar surface area (TPSA) is 29.5 Å². The minimum atomic E-state index is -0.535. The zero-order valence-electron chi connectivity index (χ0n) is 10.5. The minimum absolute atomic E-state index is 0.0283. The zero-order valence-corrected chi connectivity index (χ0v) is 11.3. The summed E-state index contributed by atoms with van der Waals surface area (Å²) < 4.78 is 5.66. The van der Waals surface area contributed by atoms with Gasteiger partial charge in [0.15, 0.2) is 0 Å². The van der Waals surface area contributed by atoms with Gasteiger partial charge in [0.1, 0.15) is 11.9 Å². The van der Waals surface area contributed by atoms with Crippen LogP contribution in [0.1, 0.15) is 36.0 Å². The summed E-state index contributed by atoms with van der Waals surface area (Å²) in [7, 11) is 0. The molecule has 0 radical (unpaired) electrons. The molecule has 1 aromatic heterocycles. The van der Waals surface area contributed by atoms with Crippen LogP contribution in [0.15, 0.2) is 35.7 Å². The lowest BCUT2D eigenvalue weighted by Crippen LogP contribution is -2.18. The van der Waals surface area contributed by atoms with Crippen LogP contribution >= 0.6 is 11.3 Å². The molecule has 0 fully saturated rings. The van der Waals surface area contributed by atoms with E-state index in [0.29, 0.717) is 6.61 Å². The number of ether oxygens (including phenoxy) is 1. The van der Waals surface area contributed by atoms with Gasteiger partial charge in [0.2, 0.25) is 0 Å². The molecule has 1 aliphatic rings. The Bertz CT molecular complexity index is 558. The van der Waals surface area contributed by atoms with Crippen molar-refractivity contribution < 1.29 is 9.84 Å². The van der Waals surface area contributed by atoms with E-state index in [1.165, 1.54) is 5.56 Å². The molecule has 0 spiro atoms. The van der Waals surface area contributed by atoms with Gasteiger partial charge in [-0.15, -0.1) is 11.3 Å². The predicted octanol–water partition coefficient (Wildman–Crippen LogP) is 3.50. The molecule has 18 heavy (non-hydrogen) atoms. The summed E-state index contributed by atoms with van der Waals surface area (Å²) in [6.45, 7) is 5.04. The van der Waals surface area contributed by atoms with Gasteiger partial charge in [0.05, 0.1) is 6.61 Å². The lowest BCUT2D eigenvalue weighted by molar-refractivity contribution is 0.224. The van der Waals surface area contributed by atoms with Gasteiger partial charge in [-0.3, -0.25) is 0 Å². The molecule has 1 unspecified atom stereocenters. The van der Waals surface area contributed by atoms with Crippen LogP contribution in [0.5, 0.6) is 5.75 Å². The van der Waals surface area contributed by atoms with Crippen molar-refractivity contribution in [1.29, 1.82) is 0 Å². The second-order valence-corrected chi connectivity index (χ2v) is 6.33. The Morgan fingerprint density at radius 1 is 1.33 bits per heavy atom. The first kappa shape index (κ1) is 11.8. The Morgan fingerprint density at radius 2 is 2.17 bits per heavy atom. The quantitative estimate of drug-likeness (QED) is 0.895. The molecular formula is C15H16O2S. The second-order valence-electron chi connectivity index (χ2n) is 5.35. The number of hydrogen-bond acceptors (Lipinski definition) is 3. The second kappa shape index (κ2) is 4.11. The van der Waals surface area contributed by atoms with Gasteiger partial charge >= 0.3 is 0 Å². The van der Waals surface area contributed by atoms with Crippen LogP contribution in [-0.2, 0) is 5.41 Å². The van der Waals surface area contributed by atoms with Crippen molar-refractivity contribution in [2.24, 2.45) is 0 Å². The van der Waals surface area contributed by atoms with Crippen molar-refractivity contribution in [3.8, 4) is 5.75 Å². The van der Waals surface area contributed by atoms with E-state index in [9.17, 15) is 5.11 Å². The number of aliphatic hydroxyl groups excluding tert-OH is 1. The van der Waals surface area contributed by atoms with Gasteiger partial charge in [-0.1, -0.05) is 26.0 Å². The third-order valence-corrected chi connectivity index (χ3v) is 4.37. The Morgan fingerprint density at radius 3 is 2.89 bits per heavy atom. The fraction of sp³-hybridized carbons (Fsp3) is 0.333. The summed E-state index contributed by atoms with van der Waals surface area (Å²) in [6, 6.07) is 9.92. The maximum Gasteiger partial charge on any atom is 0.123 e. The van der Waals surface area contributed by atoms with Crippen molar-refractivity contribution in [1.82, 2.24) is 0 Å². The molecule has 2 nitrogen and oxygen atoms in total. The summed E-state index contributed by atoms with van der Waals surface area (Å²) in [5.41, 5.74) is 2.16. The molecule has 2 heterocycles. The number of aliphatic hydroxyl groups is 1. The molecular weight excluding hydrogens is 244 g/mol. The fourth-order valence-electron chi connectivity index (χ4n) is 2.32. The van der Waals surface area contributed by atoms with Crippen molar-refractivity contribution in [2.45, 2.75) is 25.4 Å². The van der Waals surface area contributed by atoms with Crippen LogP contribution in [0.25, 0.3) is 0 Å². The summed E-state index contributed by atoms with van der Waals surface area (Å²) >= 11 is 1.58. The van der Waals surface area contributed by atoms with Gasteiger partial charge in [0.25, 0.3) is 0 Å². The van der Waals surface area contributed by atoms with Crippen LogP contribution in [0, 0.1) is 0 Å². The van der Waals surface area contributed by atoms with Crippen molar-refractivity contribution >= 4 is 11.3 Å². The highest BCUT2D eigenvalue weighted by molar-refractivity contribution is 7.10. The molecule has 1 N–H and O–H groups in total. The first-order chi connectivity index (χ1) is 8.58. The molecule has 1 aliphatic heterocycles. The van der Waals surface area contributed by atoms with E-state index in [0.717, 1.165) is 16.2 Å². The third kappa shape index (κ3) is 1.84. The Kier molecular flexibility index (Phi) is 2.68. The van der Waals surface area contributed by atoms with E-state index in [-0.39, 0.29) is 5.41 Å². The molecule has 0 bridgehead atoms. The summed E-state index contributed by atoms with van der Waals surface area (Å²) in [4.78, 5) is 0.978. The van der Waals surface area contributed by atoms with Gasteiger partial charge in [-0.2, -0.15) is 0 Å². The summed E-state index contributed by atoms with van der Waals surface area (Å²) in [5, 5.41) is 12.3.